The number of para-hydroxylation sites is 1. The molecule has 0 radical (unpaired) electrons. The molecule has 0 saturated heterocycles. The summed E-state index contributed by atoms with van der Waals surface area (Å²) in [5.41, 5.74) is -6.59. The summed E-state index contributed by atoms with van der Waals surface area (Å²) in [6, 6.07) is -23.2. The molecule has 2 heterocycles. The Kier molecular flexibility index (Phi) is 2.26. The minimum absolute atomic E-state index is 0.233. The zero-order chi connectivity index (χ0) is 52.8. The van der Waals surface area contributed by atoms with Gasteiger partial charge in [-0.25, -0.2) is 0 Å². The van der Waals surface area contributed by atoms with Crippen LogP contribution in [0.15, 0.2) is 166 Å². The highest BCUT2D eigenvalue weighted by atomic mass is 16.3. The van der Waals surface area contributed by atoms with Crippen molar-refractivity contribution in [3.05, 3.63) is 157 Å². The maximum atomic E-state index is 9.77. The van der Waals surface area contributed by atoms with Crippen LogP contribution in [0.2, 0.25) is 0 Å². The average molecular weight is 613 g/mol. The lowest BCUT2D eigenvalue weighted by atomic mass is 9.85. The number of hydrogen-bond acceptors (Lipinski definition) is 2. The summed E-state index contributed by atoms with van der Waals surface area (Å²) in [5, 5.41) is -4.11. The molecule has 0 fully saturated rings. The Hall–Kier alpha value is -6.12. The molecule has 0 amide bonds. The lowest BCUT2D eigenvalue weighted by molar-refractivity contribution is 0.663. The predicted octanol–water partition coefficient (Wildman–Crippen LogP) is 12.8. The van der Waals surface area contributed by atoms with Crippen LogP contribution in [-0.2, 0) is 0 Å². The zero-order valence-electron chi connectivity index (χ0n) is 48.8. The van der Waals surface area contributed by atoms with E-state index in [0.29, 0.717) is 0 Å². The van der Waals surface area contributed by atoms with Gasteiger partial charge in [-0.05, 0) is 91.2 Å². The summed E-state index contributed by atoms with van der Waals surface area (Å²) in [5.74, 6) is 0. The van der Waals surface area contributed by atoms with Gasteiger partial charge in [-0.2, -0.15) is 0 Å². The molecular formula is C44H26O2. The standard InChI is InChI=1S/C44H26O2/c1-2-11-27(12-3-1)28-13-10-14-29(25-28)41-31-15-4-6-17-33(31)42(34-18-7-5-16-32(34)41)30-21-22-36-40(26-30)46-39-24-23-38-43(44(36)39)35-19-8-9-20-37(35)45-38/h1-26H/i1D,2D,3D,4D,5D,6D,7D,8D,9D,10D,11D,12D,13D,14D,15D,16D,17D,18D,19D,20D,21D,22D,23D,24D,25D,26D. The first kappa shape index (κ1) is 10.8. The molecule has 46 heavy (non-hydrogen) atoms. The molecule has 8 aromatic carbocycles. The van der Waals surface area contributed by atoms with Crippen molar-refractivity contribution in [3.63, 3.8) is 0 Å². The third-order valence-electron chi connectivity index (χ3n) is 7.58. The maximum absolute atomic E-state index is 9.77. The lowest BCUT2D eigenvalue weighted by Crippen LogP contribution is -1.91. The largest absolute Gasteiger partial charge is 0.456 e. The maximum Gasteiger partial charge on any atom is 0.136 e. The van der Waals surface area contributed by atoms with Crippen molar-refractivity contribution in [2.75, 3.05) is 0 Å². The smallest absolute Gasteiger partial charge is 0.136 e. The van der Waals surface area contributed by atoms with Crippen LogP contribution in [0, 0.1) is 0 Å². The van der Waals surface area contributed by atoms with Gasteiger partial charge in [0, 0.05) is 21.5 Å². The van der Waals surface area contributed by atoms with E-state index in [1.807, 2.05) is 0 Å². The van der Waals surface area contributed by atoms with E-state index in [-0.39, 0.29) is 16.2 Å². The molecule has 10 aromatic rings. The summed E-state index contributed by atoms with van der Waals surface area (Å²) in [4.78, 5) is 0. The summed E-state index contributed by atoms with van der Waals surface area (Å²) in [6.07, 6.45) is 0. The first-order valence-electron chi connectivity index (χ1n) is 26.6. The molecule has 0 bridgehead atoms. The Bertz CT molecular complexity index is 4180. The Labute approximate surface area is 301 Å². The van der Waals surface area contributed by atoms with E-state index < -0.39 is 240 Å². The number of fused-ring (bicyclic) bond motifs is 9. The first-order chi connectivity index (χ1) is 33.6. The fourth-order valence-electron chi connectivity index (χ4n) is 5.71. The van der Waals surface area contributed by atoms with E-state index in [4.69, 9.17) is 32.1 Å². The van der Waals surface area contributed by atoms with Gasteiger partial charge in [-0.15, -0.1) is 0 Å². The second kappa shape index (κ2) is 9.69. The van der Waals surface area contributed by atoms with Gasteiger partial charge in [0.1, 0.15) is 22.3 Å². The molecule has 2 heteroatoms. The van der Waals surface area contributed by atoms with Gasteiger partial charge in [-0.1, -0.05) is 121 Å². The van der Waals surface area contributed by atoms with Crippen LogP contribution in [0.3, 0.4) is 0 Å². The fourth-order valence-corrected chi connectivity index (χ4v) is 5.71. The molecule has 2 aromatic heterocycles. The van der Waals surface area contributed by atoms with E-state index >= 15 is 0 Å². The minimum Gasteiger partial charge on any atom is -0.456 e. The Morgan fingerprint density at radius 3 is 1.43 bits per heavy atom. The van der Waals surface area contributed by atoms with Crippen molar-refractivity contribution < 1.29 is 44.5 Å². The molecule has 214 valence electrons. The number of hydrogen-bond donors (Lipinski definition) is 0. The summed E-state index contributed by atoms with van der Waals surface area (Å²) >= 11 is 0. The molecule has 0 aliphatic carbocycles. The van der Waals surface area contributed by atoms with Gasteiger partial charge in [0.05, 0.1) is 35.6 Å². The summed E-state index contributed by atoms with van der Waals surface area (Å²) in [7, 11) is 0. The second-order valence-electron chi connectivity index (χ2n) is 10.0. The SMILES string of the molecule is [2H]c1c([2H])c([2H])c(-c2c([2H])c([2H])c([2H])c(-c3c4c([2H])c([2H])c([2H])c([2H])c4c(-c4c([2H])c([2H])c5c(oc6c([2H])c([2H])c7oc8c([2H])c([2H])c([2H])c([2H])c8c7c65)c4[2H])c4c([2H])c([2H])c([2H])c([2H])c34)c2[2H])c([2H])c1[2H]. The van der Waals surface area contributed by atoms with Crippen LogP contribution in [0.4, 0.5) is 0 Å². The van der Waals surface area contributed by atoms with Crippen LogP contribution >= 0.6 is 0 Å². The molecule has 10 rings (SSSR count). The Balaban J connectivity index is 1.48. The van der Waals surface area contributed by atoms with E-state index in [2.05, 4.69) is 0 Å². The van der Waals surface area contributed by atoms with Gasteiger partial charge in [0.25, 0.3) is 0 Å². The average Bonchev–Trinajstić information content (AvgIpc) is 3.96. The molecule has 0 N–H and O–H groups in total. The zero-order valence-corrected chi connectivity index (χ0v) is 22.8. The minimum atomic E-state index is -1.04. The molecular weight excluding hydrogens is 560 g/mol. The van der Waals surface area contributed by atoms with E-state index in [0.717, 1.165) is 0 Å². The van der Waals surface area contributed by atoms with Crippen molar-refractivity contribution in [2.24, 2.45) is 0 Å². The molecule has 0 aliphatic rings. The van der Waals surface area contributed by atoms with E-state index in [1.54, 1.807) is 0 Å². The Morgan fingerprint density at radius 2 is 0.783 bits per heavy atom. The van der Waals surface area contributed by atoms with E-state index in [9.17, 15) is 12.3 Å². The molecule has 2 nitrogen and oxygen atoms in total. The normalized spacial score (nSPS) is 19.8. The topological polar surface area (TPSA) is 26.3 Å². The second-order valence-corrected chi connectivity index (χ2v) is 10.0. The highest BCUT2D eigenvalue weighted by Gasteiger charge is 2.20. The van der Waals surface area contributed by atoms with Crippen molar-refractivity contribution in [1.29, 1.82) is 0 Å². The summed E-state index contributed by atoms with van der Waals surface area (Å²) in [6.45, 7) is 0. The quantitative estimate of drug-likeness (QED) is 0.186. The van der Waals surface area contributed by atoms with Crippen LogP contribution in [0.1, 0.15) is 35.6 Å². The van der Waals surface area contributed by atoms with Crippen molar-refractivity contribution in [2.45, 2.75) is 0 Å². The summed E-state index contributed by atoms with van der Waals surface area (Å²) < 4.78 is 244. The van der Waals surface area contributed by atoms with Crippen LogP contribution < -0.4 is 0 Å². The molecule has 0 saturated carbocycles. The van der Waals surface area contributed by atoms with Crippen LogP contribution in [-0.4, -0.2) is 0 Å². The van der Waals surface area contributed by atoms with Gasteiger partial charge in [0.2, 0.25) is 0 Å². The molecule has 0 unspecified atom stereocenters. The van der Waals surface area contributed by atoms with Gasteiger partial charge in [-0.3, -0.25) is 0 Å². The predicted molar refractivity (Wildman–Crippen MR) is 192 cm³/mol. The number of furan rings is 2. The van der Waals surface area contributed by atoms with Gasteiger partial charge < -0.3 is 8.83 Å². The van der Waals surface area contributed by atoms with Crippen molar-refractivity contribution in [1.82, 2.24) is 0 Å². The van der Waals surface area contributed by atoms with Crippen molar-refractivity contribution >= 4 is 65.4 Å². The number of benzene rings is 8. The molecule has 0 aliphatic heterocycles. The van der Waals surface area contributed by atoms with Crippen LogP contribution in [0.5, 0.6) is 0 Å². The highest BCUT2D eigenvalue weighted by molar-refractivity contribution is 6.27. The lowest BCUT2D eigenvalue weighted by Gasteiger charge is -2.18. The first-order valence-corrected chi connectivity index (χ1v) is 13.6. The third-order valence-corrected chi connectivity index (χ3v) is 7.58. The van der Waals surface area contributed by atoms with E-state index in [1.165, 1.54) is 0 Å². The molecule has 0 spiro atoms. The van der Waals surface area contributed by atoms with Crippen molar-refractivity contribution in [3.8, 4) is 33.4 Å². The Morgan fingerprint density at radius 1 is 0.304 bits per heavy atom. The van der Waals surface area contributed by atoms with Gasteiger partial charge in [0.15, 0.2) is 0 Å². The highest BCUT2D eigenvalue weighted by Crippen LogP contribution is 2.46. The fraction of sp³-hybridized carbons (Fsp3) is 0. The number of rotatable bonds is 3. The molecule has 0 atom stereocenters. The monoisotopic (exact) mass is 612 g/mol. The van der Waals surface area contributed by atoms with Gasteiger partial charge >= 0.3 is 0 Å². The third kappa shape index (κ3) is 3.65. The van der Waals surface area contributed by atoms with Crippen LogP contribution in [0.25, 0.3) is 98.8 Å².